The molecule has 2 fully saturated rings. The van der Waals surface area contributed by atoms with E-state index >= 15 is 0 Å². The zero-order valence-corrected chi connectivity index (χ0v) is 22.0. The molecular weight excluding hydrogens is 551 g/mol. The van der Waals surface area contributed by atoms with Crippen LogP contribution >= 0.6 is 0 Å². The smallest absolute Gasteiger partial charge is 0.417 e. The number of methoxy groups -OCH3 is 1. The normalized spacial score (nSPS) is 27.1. The van der Waals surface area contributed by atoms with Gasteiger partial charge in [-0.15, -0.1) is 0 Å². The highest BCUT2D eigenvalue weighted by Gasteiger charge is 2.46. The summed E-state index contributed by atoms with van der Waals surface area (Å²) >= 11 is 0. The Hall–Kier alpha value is -3.20. The molecule has 3 aromatic rings. The first-order valence-corrected chi connectivity index (χ1v) is 13.1. The largest absolute Gasteiger partial charge is 0.464 e. The van der Waals surface area contributed by atoms with Crippen LogP contribution in [0.4, 0.5) is 13.2 Å². The number of aromatic nitrogens is 1. The van der Waals surface area contributed by atoms with E-state index in [4.69, 9.17) is 23.8 Å². The molecule has 0 saturated carbocycles. The molecule has 3 N–H and O–H groups in total. The molecule has 2 aromatic carbocycles. The van der Waals surface area contributed by atoms with Gasteiger partial charge in [0.25, 0.3) is 6.29 Å². The molecule has 0 amide bonds. The number of rotatable bonds is 7. The maximum absolute atomic E-state index is 14.2. The molecule has 6 atom stereocenters. The van der Waals surface area contributed by atoms with Crippen LogP contribution in [0.15, 0.2) is 48.5 Å². The summed E-state index contributed by atoms with van der Waals surface area (Å²) in [6, 6.07) is 11.6. The summed E-state index contributed by atoms with van der Waals surface area (Å²) in [6.45, 7) is 0.274. The number of aliphatic hydroxyl groups is 3. The standard InChI is InChI=1S/C28H30F3NO9/c1-37-26(36)20-13-17-18(28(29,30)31)11-16(15-7-3-2-4-8-15)12-19(17)32(20)41-27-25(35)24(34)23(33)21(40-27)14-39-22-9-5-6-10-38-22/h2-4,7-8,11-13,21-25,27,33-35H,5-6,9-10,14H2,1H3/t21-,22?,23-,24+,25+,27-/m1/s1. The third kappa shape index (κ3) is 6.05. The van der Waals surface area contributed by atoms with Crippen molar-refractivity contribution in [3.8, 4) is 11.1 Å². The molecule has 3 heterocycles. The van der Waals surface area contributed by atoms with Crippen LogP contribution in [0.5, 0.6) is 0 Å². The topological polar surface area (TPSA) is 129 Å². The summed E-state index contributed by atoms with van der Waals surface area (Å²) < 4.78 is 65.1. The number of carbonyl (C=O) groups excluding carboxylic acids is 1. The van der Waals surface area contributed by atoms with Gasteiger partial charge in [0.1, 0.15) is 24.4 Å². The van der Waals surface area contributed by atoms with Crippen LogP contribution in [0.25, 0.3) is 22.0 Å². The van der Waals surface area contributed by atoms with E-state index < -0.39 is 60.4 Å². The van der Waals surface area contributed by atoms with Crippen LogP contribution in [0, 0.1) is 0 Å². The number of benzene rings is 2. The van der Waals surface area contributed by atoms with Gasteiger partial charge in [-0.1, -0.05) is 30.3 Å². The minimum absolute atomic E-state index is 0.168. The lowest BCUT2D eigenvalue weighted by molar-refractivity contribution is -0.308. The number of esters is 1. The van der Waals surface area contributed by atoms with Crippen molar-refractivity contribution in [1.29, 1.82) is 0 Å². The lowest BCUT2D eigenvalue weighted by atomic mass is 9.99. The first kappa shape index (κ1) is 29.3. The molecule has 0 radical (unpaired) electrons. The molecule has 5 rings (SSSR count). The Kier molecular flexibility index (Phi) is 8.55. The van der Waals surface area contributed by atoms with Crippen molar-refractivity contribution in [2.24, 2.45) is 0 Å². The third-order valence-electron chi connectivity index (χ3n) is 7.15. The van der Waals surface area contributed by atoms with E-state index in [2.05, 4.69) is 0 Å². The summed E-state index contributed by atoms with van der Waals surface area (Å²) in [4.78, 5) is 18.5. The molecule has 1 unspecified atom stereocenters. The van der Waals surface area contributed by atoms with Crippen molar-refractivity contribution in [3.05, 3.63) is 59.8 Å². The second-order valence-corrected chi connectivity index (χ2v) is 9.89. The predicted molar refractivity (Wildman–Crippen MR) is 137 cm³/mol. The quantitative estimate of drug-likeness (QED) is 0.361. The molecule has 10 nitrogen and oxygen atoms in total. The van der Waals surface area contributed by atoms with Gasteiger partial charge in [0.15, 0.2) is 12.0 Å². The number of fused-ring (bicyclic) bond motifs is 1. The molecule has 0 spiro atoms. The monoisotopic (exact) mass is 581 g/mol. The van der Waals surface area contributed by atoms with Crippen LogP contribution in [-0.4, -0.2) is 83.3 Å². The minimum Gasteiger partial charge on any atom is -0.464 e. The lowest BCUT2D eigenvalue weighted by Gasteiger charge is -2.40. The van der Waals surface area contributed by atoms with E-state index in [0.29, 0.717) is 18.6 Å². The number of hydrogen-bond donors (Lipinski definition) is 3. The second-order valence-electron chi connectivity index (χ2n) is 9.89. The fourth-order valence-corrected chi connectivity index (χ4v) is 4.96. The highest BCUT2D eigenvalue weighted by molar-refractivity contribution is 5.98. The summed E-state index contributed by atoms with van der Waals surface area (Å²) in [7, 11) is 1.05. The van der Waals surface area contributed by atoms with Gasteiger partial charge in [0.2, 0.25) is 0 Å². The highest BCUT2D eigenvalue weighted by Crippen LogP contribution is 2.39. The van der Waals surface area contributed by atoms with Crippen molar-refractivity contribution in [2.75, 3.05) is 20.3 Å². The maximum Gasteiger partial charge on any atom is 0.417 e. The average molecular weight is 582 g/mol. The molecule has 2 saturated heterocycles. The van der Waals surface area contributed by atoms with Crippen molar-refractivity contribution < 1.29 is 57.1 Å². The number of carbonyl (C=O) groups is 1. The lowest BCUT2D eigenvalue weighted by Crippen LogP contribution is -2.61. The molecule has 2 aliphatic heterocycles. The molecule has 13 heteroatoms. The minimum atomic E-state index is -4.80. The van der Waals surface area contributed by atoms with Crippen molar-refractivity contribution in [2.45, 2.75) is 62.4 Å². The molecule has 222 valence electrons. The Bertz CT molecular complexity index is 1360. The average Bonchev–Trinajstić information content (AvgIpc) is 3.34. The van der Waals surface area contributed by atoms with Crippen LogP contribution < -0.4 is 4.84 Å². The number of aliphatic hydroxyl groups excluding tert-OH is 3. The van der Waals surface area contributed by atoms with E-state index in [1.165, 1.54) is 6.07 Å². The highest BCUT2D eigenvalue weighted by atomic mass is 19.4. The maximum atomic E-state index is 14.2. The Morgan fingerprint density at radius 1 is 1.02 bits per heavy atom. The van der Waals surface area contributed by atoms with E-state index in [-0.39, 0.29) is 23.1 Å². The Morgan fingerprint density at radius 3 is 2.44 bits per heavy atom. The molecule has 0 bridgehead atoms. The van der Waals surface area contributed by atoms with E-state index in [9.17, 15) is 33.3 Å². The number of nitrogens with zero attached hydrogens (tertiary/aromatic N) is 1. The number of alkyl halides is 3. The summed E-state index contributed by atoms with van der Waals surface area (Å²) in [5.74, 6) is -1.02. The first-order valence-electron chi connectivity index (χ1n) is 13.1. The van der Waals surface area contributed by atoms with Crippen LogP contribution in [-0.2, 0) is 25.1 Å². The Balaban J connectivity index is 1.54. The van der Waals surface area contributed by atoms with Gasteiger partial charge in [0.05, 0.1) is 24.8 Å². The first-order chi connectivity index (χ1) is 19.6. The van der Waals surface area contributed by atoms with Crippen LogP contribution in [0.2, 0.25) is 0 Å². The zero-order chi connectivity index (χ0) is 29.3. The Labute approximate surface area is 232 Å². The second kappa shape index (κ2) is 12.0. The van der Waals surface area contributed by atoms with Crippen molar-refractivity contribution in [3.63, 3.8) is 0 Å². The number of ether oxygens (including phenoxy) is 4. The van der Waals surface area contributed by atoms with Gasteiger partial charge >= 0.3 is 12.1 Å². The molecule has 2 aliphatic rings. The van der Waals surface area contributed by atoms with Gasteiger partial charge in [-0.05, 0) is 48.6 Å². The Morgan fingerprint density at radius 2 is 1.78 bits per heavy atom. The molecular formula is C28H30F3NO9. The van der Waals surface area contributed by atoms with E-state index in [0.717, 1.165) is 36.8 Å². The summed E-state index contributed by atoms with van der Waals surface area (Å²) in [6.07, 6.45) is -11.0. The van der Waals surface area contributed by atoms with Crippen molar-refractivity contribution >= 4 is 16.9 Å². The molecule has 41 heavy (non-hydrogen) atoms. The van der Waals surface area contributed by atoms with Crippen LogP contribution in [0.3, 0.4) is 0 Å². The summed E-state index contributed by atoms with van der Waals surface area (Å²) in [5, 5.41) is 31.4. The van der Waals surface area contributed by atoms with Gasteiger partial charge in [-0.2, -0.15) is 17.9 Å². The van der Waals surface area contributed by atoms with Gasteiger partial charge < -0.3 is 39.1 Å². The zero-order valence-electron chi connectivity index (χ0n) is 22.0. The molecule has 1 aromatic heterocycles. The third-order valence-corrected chi connectivity index (χ3v) is 7.15. The number of halogens is 3. The molecule has 0 aliphatic carbocycles. The fourth-order valence-electron chi connectivity index (χ4n) is 4.96. The predicted octanol–water partition coefficient (Wildman–Crippen LogP) is 2.89. The fraction of sp³-hybridized carbons (Fsp3) is 0.464. The SMILES string of the molecule is COC(=O)c1cc2c(C(F)(F)F)cc(-c3ccccc3)cc2n1O[C@H]1O[C@H](COC2CCCCO2)[C@@H](O)[C@H](O)[C@@H]1O. The van der Waals surface area contributed by atoms with Crippen molar-refractivity contribution in [1.82, 2.24) is 4.73 Å². The van der Waals surface area contributed by atoms with Crippen LogP contribution in [0.1, 0.15) is 35.3 Å². The number of hydrogen-bond acceptors (Lipinski definition) is 9. The van der Waals surface area contributed by atoms with Gasteiger partial charge in [0, 0.05) is 12.0 Å². The summed E-state index contributed by atoms with van der Waals surface area (Å²) in [5.41, 5.74) is -0.955. The van der Waals surface area contributed by atoms with E-state index in [1.807, 2.05) is 0 Å². The van der Waals surface area contributed by atoms with Gasteiger partial charge in [-0.3, -0.25) is 0 Å². The van der Waals surface area contributed by atoms with E-state index in [1.54, 1.807) is 30.3 Å². The van der Waals surface area contributed by atoms with Gasteiger partial charge in [-0.25, -0.2) is 4.79 Å².